The SMILES string of the molecule is Cc1cc(NC(=O)c2c(C)ccc(C)c2C(=O)O)no1. The van der Waals surface area contributed by atoms with Gasteiger partial charge >= 0.3 is 5.97 Å². The van der Waals surface area contributed by atoms with Gasteiger partial charge < -0.3 is 14.9 Å². The molecule has 2 N–H and O–H groups in total. The first-order valence-electron chi connectivity index (χ1n) is 5.98. The lowest BCUT2D eigenvalue weighted by Crippen LogP contribution is -2.19. The van der Waals surface area contributed by atoms with Crippen LogP contribution in [0.4, 0.5) is 5.82 Å². The summed E-state index contributed by atoms with van der Waals surface area (Å²) < 4.78 is 4.85. The highest BCUT2D eigenvalue weighted by atomic mass is 16.5. The van der Waals surface area contributed by atoms with E-state index < -0.39 is 11.9 Å². The van der Waals surface area contributed by atoms with E-state index in [2.05, 4.69) is 10.5 Å². The van der Waals surface area contributed by atoms with Gasteiger partial charge in [-0.1, -0.05) is 17.3 Å². The van der Waals surface area contributed by atoms with Crippen LogP contribution in [0.1, 0.15) is 37.6 Å². The molecule has 1 aromatic carbocycles. The molecule has 0 aliphatic heterocycles. The van der Waals surface area contributed by atoms with Crippen molar-refractivity contribution in [3.05, 3.63) is 46.2 Å². The molecule has 20 heavy (non-hydrogen) atoms. The van der Waals surface area contributed by atoms with Crippen molar-refractivity contribution in [3.8, 4) is 0 Å². The van der Waals surface area contributed by atoms with Crippen molar-refractivity contribution in [2.24, 2.45) is 0 Å². The van der Waals surface area contributed by atoms with E-state index >= 15 is 0 Å². The number of amides is 1. The van der Waals surface area contributed by atoms with Gasteiger partial charge in [-0.2, -0.15) is 0 Å². The number of aromatic nitrogens is 1. The Morgan fingerprint density at radius 3 is 2.25 bits per heavy atom. The Kier molecular flexibility index (Phi) is 3.56. The summed E-state index contributed by atoms with van der Waals surface area (Å²) in [5, 5.41) is 15.5. The minimum atomic E-state index is -1.13. The first-order chi connectivity index (χ1) is 9.40. The minimum absolute atomic E-state index is 0.00252. The number of nitrogens with one attached hydrogen (secondary N) is 1. The predicted octanol–water partition coefficient (Wildman–Crippen LogP) is 2.55. The second-order valence-electron chi connectivity index (χ2n) is 4.53. The fourth-order valence-corrected chi connectivity index (χ4v) is 1.98. The molecule has 0 aliphatic rings. The molecule has 0 spiro atoms. The van der Waals surface area contributed by atoms with Crippen LogP contribution in [0.15, 0.2) is 22.7 Å². The zero-order valence-corrected chi connectivity index (χ0v) is 11.4. The van der Waals surface area contributed by atoms with Crippen molar-refractivity contribution in [1.29, 1.82) is 0 Å². The van der Waals surface area contributed by atoms with Gasteiger partial charge in [0.15, 0.2) is 5.82 Å². The van der Waals surface area contributed by atoms with Gasteiger partial charge in [0.25, 0.3) is 5.91 Å². The molecule has 1 heterocycles. The maximum atomic E-state index is 12.3. The highest BCUT2D eigenvalue weighted by molar-refractivity contribution is 6.11. The molecular formula is C14H14N2O4. The first-order valence-corrected chi connectivity index (χ1v) is 5.98. The summed E-state index contributed by atoms with van der Waals surface area (Å²) in [6.07, 6.45) is 0. The highest BCUT2D eigenvalue weighted by Gasteiger charge is 2.22. The normalized spacial score (nSPS) is 10.3. The van der Waals surface area contributed by atoms with E-state index in [1.54, 1.807) is 39.0 Å². The number of rotatable bonds is 3. The number of benzene rings is 1. The molecule has 0 saturated carbocycles. The summed E-state index contributed by atoms with van der Waals surface area (Å²) in [6.45, 7) is 5.04. The largest absolute Gasteiger partial charge is 0.478 e. The van der Waals surface area contributed by atoms with E-state index in [0.29, 0.717) is 16.9 Å². The van der Waals surface area contributed by atoms with Crippen LogP contribution >= 0.6 is 0 Å². The number of nitrogens with zero attached hydrogens (tertiary/aromatic N) is 1. The van der Waals surface area contributed by atoms with Crippen molar-refractivity contribution in [2.75, 3.05) is 5.32 Å². The van der Waals surface area contributed by atoms with Crippen LogP contribution in [-0.2, 0) is 0 Å². The van der Waals surface area contributed by atoms with Gasteiger partial charge in [-0.3, -0.25) is 4.79 Å². The molecular weight excluding hydrogens is 260 g/mol. The Hall–Kier alpha value is -2.63. The molecule has 6 heteroatoms. The van der Waals surface area contributed by atoms with E-state index in [9.17, 15) is 14.7 Å². The van der Waals surface area contributed by atoms with Gasteiger partial charge in [0.2, 0.25) is 0 Å². The number of carbonyl (C=O) groups excluding carboxylic acids is 1. The Morgan fingerprint density at radius 1 is 1.15 bits per heavy atom. The number of aromatic carboxylic acids is 1. The van der Waals surface area contributed by atoms with E-state index in [4.69, 9.17) is 4.52 Å². The number of hydrogen-bond acceptors (Lipinski definition) is 4. The summed E-state index contributed by atoms with van der Waals surface area (Å²) in [5.41, 5.74) is 1.26. The maximum absolute atomic E-state index is 12.3. The molecule has 0 bridgehead atoms. The lowest BCUT2D eigenvalue weighted by atomic mass is 9.96. The molecule has 0 unspecified atom stereocenters. The van der Waals surface area contributed by atoms with Crippen LogP contribution in [0.25, 0.3) is 0 Å². The summed E-state index contributed by atoms with van der Waals surface area (Å²) in [4.78, 5) is 23.6. The smallest absolute Gasteiger partial charge is 0.336 e. The van der Waals surface area contributed by atoms with Gasteiger partial charge in [0, 0.05) is 6.07 Å². The third-order valence-corrected chi connectivity index (χ3v) is 2.93. The molecule has 2 rings (SSSR count). The number of carboxylic acid groups (broad SMARTS) is 1. The molecule has 0 radical (unpaired) electrons. The monoisotopic (exact) mass is 274 g/mol. The molecule has 0 atom stereocenters. The topological polar surface area (TPSA) is 92.4 Å². The van der Waals surface area contributed by atoms with Gasteiger partial charge in [-0.15, -0.1) is 0 Å². The highest BCUT2D eigenvalue weighted by Crippen LogP contribution is 2.20. The molecule has 6 nitrogen and oxygen atoms in total. The van der Waals surface area contributed by atoms with Crippen LogP contribution in [-0.4, -0.2) is 22.1 Å². The second kappa shape index (κ2) is 5.16. The zero-order valence-electron chi connectivity index (χ0n) is 11.4. The Balaban J connectivity index is 2.43. The number of carbonyl (C=O) groups is 2. The van der Waals surface area contributed by atoms with Crippen LogP contribution in [0.3, 0.4) is 0 Å². The average Bonchev–Trinajstić information content (AvgIpc) is 2.76. The number of hydrogen-bond donors (Lipinski definition) is 2. The second-order valence-corrected chi connectivity index (χ2v) is 4.53. The number of carboxylic acids is 1. The van der Waals surface area contributed by atoms with Crippen LogP contribution < -0.4 is 5.32 Å². The van der Waals surface area contributed by atoms with Gasteiger partial charge in [0.1, 0.15) is 5.76 Å². The van der Waals surface area contributed by atoms with Gasteiger partial charge in [-0.05, 0) is 31.9 Å². The van der Waals surface area contributed by atoms with Crippen LogP contribution in [0, 0.1) is 20.8 Å². The molecule has 0 aliphatic carbocycles. The van der Waals surface area contributed by atoms with E-state index in [1.807, 2.05) is 0 Å². The third kappa shape index (κ3) is 2.54. The van der Waals surface area contributed by atoms with Crippen molar-refractivity contribution in [1.82, 2.24) is 5.16 Å². The molecule has 0 fully saturated rings. The van der Waals surface area contributed by atoms with Crippen LogP contribution in [0.5, 0.6) is 0 Å². The molecule has 0 saturated heterocycles. The minimum Gasteiger partial charge on any atom is -0.478 e. The third-order valence-electron chi connectivity index (χ3n) is 2.93. The Morgan fingerprint density at radius 2 is 1.75 bits per heavy atom. The van der Waals surface area contributed by atoms with Crippen LogP contribution in [0.2, 0.25) is 0 Å². The predicted molar refractivity (Wildman–Crippen MR) is 72.1 cm³/mol. The van der Waals surface area contributed by atoms with Gasteiger partial charge in [0.05, 0.1) is 11.1 Å². The molecule has 1 amide bonds. The number of aryl methyl sites for hydroxylation is 3. The fourth-order valence-electron chi connectivity index (χ4n) is 1.98. The van der Waals surface area contributed by atoms with Crippen molar-refractivity contribution < 1.29 is 19.2 Å². The Labute approximate surface area is 115 Å². The summed E-state index contributed by atoms with van der Waals surface area (Å²) in [5.74, 6) is -0.839. The number of anilines is 1. The zero-order chi connectivity index (χ0) is 14.9. The van der Waals surface area contributed by atoms with E-state index in [0.717, 1.165) is 0 Å². The Bertz CT molecular complexity index is 688. The summed E-state index contributed by atoms with van der Waals surface area (Å²) in [7, 11) is 0. The van der Waals surface area contributed by atoms with Crippen molar-refractivity contribution in [2.45, 2.75) is 20.8 Å². The lowest BCUT2D eigenvalue weighted by Gasteiger charge is -2.11. The molecule has 104 valence electrons. The summed E-state index contributed by atoms with van der Waals surface area (Å²) in [6, 6.07) is 4.95. The lowest BCUT2D eigenvalue weighted by molar-refractivity contribution is 0.0691. The summed E-state index contributed by atoms with van der Waals surface area (Å²) >= 11 is 0. The standard InChI is InChI=1S/C14H14N2O4/c1-7-4-5-8(2)12(14(18)19)11(7)13(17)15-10-6-9(3)20-16-10/h4-6H,1-3H3,(H,18,19)(H,15,16,17). The quantitative estimate of drug-likeness (QED) is 0.897. The fraction of sp³-hybridized carbons (Fsp3) is 0.214. The molecule has 2 aromatic rings. The van der Waals surface area contributed by atoms with Crippen molar-refractivity contribution >= 4 is 17.7 Å². The van der Waals surface area contributed by atoms with E-state index in [-0.39, 0.29) is 16.9 Å². The molecule has 1 aromatic heterocycles. The van der Waals surface area contributed by atoms with Gasteiger partial charge in [-0.25, -0.2) is 4.79 Å². The van der Waals surface area contributed by atoms with Crippen molar-refractivity contribution in [3.63, 3.8) is 0 Å². The average molecular weight is 274 g/mol. The van der Waals surface area contributed by atoms with E-state index in [1.165, 1.54) is 0 Å². The first kappa shape index (κ1) is 13.8. The maximum Gasteiger partial charge on any atom is 0.336 e.